The summed E-state index contributed by atoms with van der Waals surface area (Å²) in [5, 5.41) is 11.6. The lowest BCUT2D eigenvalue weighted by Crippen LogP contribution is -2.43. The summed E-state index contributed by atoms with van der Waals surface area (Å²) in [5.74, 6) is -0.805. The van der Waals surface area contributed by atoms with Gasteiger partial charge in [0.2, 0.25) is 5.91 Å². The van der Waals surface area contributed by atoms with Gasteiger partial charge in [-0.15, -0.1) is 0 Å². The van der Waals surface area contributed by atoms with E-state index in [-0.39, 0.29) is 11.8 Å². The van der Waals surface area contributed by atoms with Crippen LogP contribution in [0, 0.1) is 5.92 Å². The minimum atomic E-state index is -0.679. The molecule has 0 aliphatic carbocycles. The minimum Gasteiger partial charge on any atom is -0.481 e. The third kappa shape index (κ3) is 4.34. The van der Waals surface area contributed by atoms with Gasteiger partial charge in [-0.2, -0.15) is 0 Å². The molecular weight excluding hydrogens is 220 g/mol. The Morgan fingerprint density at radius 3 is 2.71 bits per heavy atom. The number of carbonyl (C=O) groups is 2. The van der Waals surface area contributed by atoms with E-state index in [2.05, 4.69) is 17.1 Å². The molecule has 5 nitrogen and oxygen atoms in total. The first-order chi connectivity index (χ1) is 8.04. The molecule has 1 fully saturated rings. The number of amides is 1. The molecule has 1 saturated heterocycles. The minimum absolute atomic E-state index is 0.0677. The third-order valence-corrected chi connectivity index (χ3v) is 3.49. The molecule has 1 aliphatic rings. The van der Waals surface area contributed by atoms with Crippen molar-refractivity contribution in [3.8, 4) is 0 Å². The molecule has 0 radical (unpaired) electrons. The Morgan fingerprint density at radius 2 is 2.18 bits per heavy atom. The maximum Gasteiger partial charge on any atom is 0.306 e. The summed E-state index contributed by atoms with van der Waals surface area (Å²) in [5.41, 5.74) is 0. The number of hydrogen-bond acceptors (Lipinski definition) is 3. The molecule has 0 aromatic rings. The molecule has 1 aliphatic heterocycles. The summed E-state index contributed by atoms with van der Waals surface area (Å²) in [6, 6.07) is 0.300. The number of nitrogens with one attached hydrogen (secondary N) is 1. The first kappa shape index (κ1) is 14.0. The van der Waals surface area contributed by atoms with Gasteiger partial charge in [0.15, 0.2) is 0 Å². The molecular formula is C12H22N2O3. The molecule has 5 heteroatoms. The van der Waals surface area contributed by atoms with E-state index in [1.54, 1.807) is 7.05 Å². The molecule has 98 valence electrons. The van der Waals surface area contributed by atoms with E-state index in [9.17, 15) is 9.59 Å². The van der Waals surface area contributed by atoms with Gasteiger partial charge in [0.1, 0.15) is 0 Å². The lowest BCUT2D eigenvalue weighted by Gasteiger charge is -2.36. The van der Waals surface area contributed by atoms with Crippen molar-refractivity contribution in [1.29, 1.82) is 0 Å². The van der Waals surface area contributed by atoms with Crippen LogP contribution in [-0.4, -0.2) is 48.1 Å². The molecule has 1 amide bonds. The first-order valence-corrected chi connectivity index (χ1v) is 6.22. The lowest BCUT2D eigenvalue weighted by molar-refractivity contribution is -0.144. The predicted molar refractivity (Wildman–Crippen MR) is 64.7 cm³/mol. The molecule has 0 saturated carbocycles. The molecule has 0 aromatic heterocycles. The van der Waals surface area contributed by atoms with Crippen molar-refractivity contribution in [1.82, 2.24) is 10.2 Å². The molecule has 17 heavy (non-hydrogen) atoms. The quantitative estimate of drug-likeness (QED) is 0.744. The van der Waals surface area contributed by atoms with Crippen molar-refractivity contribution in [3.63, 3.8) is 0 Å². The second-order valence-corrected chi connectivity index (χ2v) is 4.72. The van der Waals surface area contributed by atoms with Crippen molar-refractivity contribution in [2.75, 3.05) is 20.1 Å². The van der Waals surface area contributed by atoms with Gasteiger partial charge in [0, 0.05) is 19.5 Å². The van der Waals surface area contributed by atoms with Gasteiger partial charge in [-0.3, -0.25) is 9.59 Å². The summed E-state index contributed by atoms with van der Waals surface area (Å²) >= 11 is 0. The lowest BCUT2D eigenvalue weighted by atomic mass is 9.91. The maximum atomic E-state index is 11.1. The monoisotopic (exact) mass is 242 g/mol. The van der Waals surface area contributed by atoms with Crippen LogP contribution in [-0.2, 0) is 9.59 Å². The number of carboxylic acid groups (broad SMARTS) is 1. The zero-order chi connectivity index (χ0) is 12.8. The number of carboxylic acids is 1. The zero-order valence-corrected chi connectivity index (χ0v) is 10.6. The van der Waals surface area contributed by atoms with E-state index in [1.807, 2.05) is 0 Å². The van der Waals surface area contributed by atoms with E-state index in [0.29, 0.717) is 12.5 Å². The van der Waals surface area contributed by atoms with E-state index >= 15 is 0 Å². The number of aliphatic carboxylic acids is 1. The van der Waals surface area contributed by atoms with Crippen molar-refractivity contribution >= 4 is 11.9 Å². The van der Waals surface area contributed by atoms with E-state index in [0.717, 1.165) is 32.4 Å². The summed E-state index contributed by atoms with van der Waals surface area (Å²) in [4.78, 5) is 24.2. The predicted octanol–water partition coefficient (Wildman–Crippen LogP) is 0.698. The summed E-state index contributed by atoms with van der Waals surface area (Å²) in [6.07, 6.45) is 2.82. The standard InChI is InChI=1S/C12H22N2O3/c1-9-8-10(12(16)17)5-7-14(9)6-3-4-11(15)13-2/h9-10H,3-8H2,1-2H3,(H,13,15)(H,16,17). The van der Waals surface area contributed by atoms with Gasteiger partial charge in [0.25, 0.3) is 0 Å². The van der Waals surface area contributed by atoms with Gasteiger partial charge in [-0.1, -0.05) is 0 Å². The van der Waals surface area contributed by atoms with Gasteiger partial charge in [0.05, 0.1) is 5.92 Å². The van der Waals surface area contributed by atoms with Gasteiger partial charge < -0.3 is 15.3 Å². The fourth-order valence-electron chi connectivity index (χ4n) is 2.34. The zero-order valence-electron chi connectivity index (χ0n) is 10.6. The number of hydrogen-bond donors (Lipinski definition) is 2. The Morgan fingerprint density at radius 1 is 1.47 bits per heavy atom. The molecule has 0 spiro atoms. The highest BCUT2D eigenvalue weighted by atomic mass is 16.4. The van der Waals surface area contributed by atoms with Crippen LogP contribution < -0.4 is 5.32 Å². The molecule has 2 unspecified atom stereocenters. The SMILES string of the molecule is CNC(=O)CCCN1CCC(C(=O)O)CC1C. The third-order valence-electron chi connectivity index (χ3n) is 3.49. The Labute approximate surface area is 102 Å². The average Bonchev–Trinajstić information content (AvgIpc) is 2.30. The van der Waals surface area contributed by atoms with Gasteiger partial charge in [-0.25, -0.2) is 0 Å². The largest absolute Gasteiger partial charge is 0.481 e. The second kappa shape index (κ2) is 6.59. The summed E-state index contributed by atoms with van der Waals surface area (Å²) < 4.78 is 0. The summed E-state index contributed by atoms with van der Waals surface area (Å²) in [7, 11) is 1.64. The number of carbonyl (C=O) groups excluding carboxylic acids is 1. The Kier molecular flexibility index (Phi) is 5.41. The molecule has 0 bridgehead atoms. The number of piperidine rings is 1. The highest BCUT2D eigenvalue weighted by Gasteiger charge is 2.29. The Balaban J connectivity index is 2.27. The van der Waals surface area contributed by atoms with Crippen LogP contribution in [0.4, 0.5) is 0 Å². The van der Waals surface area contributed by atoms with E-state index < -0.39 is 5.97 Å². The smallest absolute Gasteiger partial charge is 0.306 e. The maximum absolute atomic E-state index is 11.1. The van der Waals surface area contributed by atoms with Gasteiger partial charge in [-0.05, 0) is 39.3 Å². The van der Waals surface area contributed by atoms with E-state index in [4.69, 9.17) is 5.11 Å². The van der Waals surface area contributed by atoms with E-state index in [1.165, 1.54) is 0 Å². The van der Waals surface area contributed by atoms with Crippen molar-refractivity contribution < 1.29 is 14.7 Å². The molecule has 2 N–H and O–H groups in total. The molecule has 1 rings (SSSR count). The number of likely N-dealkylation sites (tertiary alicyclic amines) is 1. The van der Waals surface area contributed by atoms with Crippen molar-refractivity contribution in [2.24, 2.45) is 5.92 Å². The van der Waals surface area contributed by atoms with Gasteiger partial charge >= 0.3 is 5.97 Å². The normalized spacial score (nSPS) is 25.5. The molecule has 0 aromatic carbocycles. The Bertz CT molecular complexity index is 281. The molecule has 2 atom stereocenters. The summed E-state index contributed by atoms with van der Waals surface area (Å²) in [6.45, 7) is 3.77. The Hall–Kier alpha value is -1.10. The fraction of sp³-hybridized carbons (Fsp3) is 0.833. The highest BCUT2D eigenvalue weighted by Crippen LogP contribution is 2.23. The molecule has 1 heterocycles. The fourth-order valence-corrected chi connectivity index (χ4v) is 2.34. The van der Waals surface area contributed by atoms with Crippen LogP contribution in [0.3, 0.4) is 0 Å². The van der Waals surface area contributed by atoms with Crippen LogP contribution in [0.25, 0.3) is 0 Å². The highest BCUT2D eigenvalue weighted by molar-refractivity contribution is 5.75. The average molecular weight is 242 g/mol. The van der Waals surface area contributed by atoms with Crippen LogP contribution >= 0.6 is 0 Å². The van der Waals surface area contributed by atoms with Crippen molar-refractivity contribution in [2.45, 2.75) is 38.6 Å². The van der Waals surface area contributed by atoms with Crippen LogP contribution in [0.1, 0.15) is 32.6 Å². The number of nitrogens with zero attached hydrogens (tertiary/aromatic N) is 1. The second-order valence-electron chi connectivity index (χ2n) is 4.72. The number of rotatable bonds is 5. The van der Waals surface area contributed by atoms with Crippen molar-refractivity contribution in [3.05, 3.63) is 0 Å². The first-order valence-electron chi connectivity index (χ1n) is 6.22. The van der Waals surface area contributed by atoms with Crippen LogP contribution in [0.2, 0.25) is 0 Å². The topological polar surface area (TPSA) is 69.6 Å². The van der Waals surface area contributed by atoms with Crippen LogP contribution in [0.15, 0.2) is 0 Å². The van der Waals surface area contributed by atoms with Crippen LogP contribution in [0.5, 0.6) is 0 Å².